The van der Waals surface area contributed by atoms with Gasteiger partial charge in [0, 0.05) is 10.7 Å². The number of hydrogen-bond donors (Lipinski definition) is 2. The van der Waals surface area contributed by atoms with Gasteiger partial charge in [0.25, 0.3) is 15.9 Å². The van der Waals surface area contributed by atoms with Gasteiger partial charge in [-0.25, -0.2) is 0 Å². The predicted octanol–water partition coefficient (Wildman–Crippen LogP) is 4.06. The molecule has 3 rings (SSSR count). The van der Waals surface area contributed by atoms with Crippen molar-refractivity contribution < 1.29 is 17.9 Å². The lowest BCUT2D eigenvalue weighted by molar-refractivity contribution is -0.118. The molecular weight excluding hydrogens is 438 g/mol. The molecule has 31 heavy (non-hydrogen) atoms. The van der Waals surface area contributed by atoms with Gasteiger partial charge in [-0.1, -0.05) is 41.9 Å². The lowest BCUT2D eigenvalue weighted by atomic mass is 10.1. The van der Waals surface area contributed by atoms with Crippen LogP contribution < -0.4 is 14.9 Å². The van der Waals surface area contributed by atoms with Crippen molar-refractivity contribution in [3.63, 3.8) is 0 Å². The van der Waals surface area contributed by atoms with Gasteiger partial charge in [-0.3, -0.25) is 4.79 Å². The fourth-order valence-electron chi connectivity index (χ4n) is 2.52. The van der Waals surface area contributed by atoms with Gasteiger partial charge in [-0.2, -0.15) is 18.4 Å². The van der Waals surface area contributed by atoms with Gasteiger partial charge >= 0.3 is 0 Å². The minimum absolute atomic E-state index is 0.130. The van der Waals surface area contributed by atoms with E-state index in [2.05, 4.69) is 15.2 Å². The Morgan fingerprint density at radius 3 is 2.26 bits per heavy atom. The Morgan fingerprint density at radius 2 is 1.61 bits per heavy atom. The Balaban J connectivity index is 1.55. The van der Waals surface area contributed by atoms with E-state index in [0.29, 0.717) is 27.7 Å². The molecule has 0 atom stereocenters. The van der Waals surface area contributed by atoms with Crippen molar-refractivity contribution in [2.24, 2.45) is 5.10 Å². The number of hydrazone groups is 1. The summed E-state index contributed by atoms with van der Waals surface area (Å²) in [6, 6.07) is 21.5. The highest BCUT2D eigenvalue weighted by Crippen LogP contribution is 2.16. The molecule has 0 aliphatic rings. The van der Waals surface area contributed by atoms with Crippen molar-refractivity contribution in [2.45, 2.75) is 11.8 Å². The summed E-state index contributed by atoms with van der Waals surface area (Å²) in [4.78, 5) is 14.4. The molecule has 0 bridgehead atoms. The van der Waals surface area contributed by atoms with E-state index in [1.54, 1.807) is 73.7 Å². The van der Waals surface area contributed by atoms with E-state index in [1.165, 1.54) is 12.1 Å². The van der Waals surface area contributed by atoms with Crippen LogP contribution in [0.2, 0.25) is 5.02 Å². The van der Waals surface area contributed by atoms with E-state index in [4.69, 9.17) is 16.3 Å². The Kier molecular flexibility index (Phi) is 7.28. The maximum atomic E-state index is 12.2. The zero-order valence-electron chi connectivity index (χ0n) is 16.6. The van der Waals surface area contributed by atoms with Crippen LogP contribution in [-0.2, 0) is 14.8 Å². The number of ether oxygens (including phenoxy) is 1. The lowest BCUT2D eigenvalue weighted by Gasteiger charge is -2.09. The Morgan fingerprint density at radius 1 is 0.968 bits per heavy atom. The molecule has 0 aliphatic carbocycles. The fraction of sp³-hybridized carbons (Fsp3) is 0.0909. The maximum absolute atomic E-state index is 12.2. The summed E-state index contributed by atoms with van der Waals surface area (Å²) < 4.78 is 29.9. The predicted molar refractivity (Wildman–Crippen MR) is 121 cm³/mol. The molecule has 0 saturated heterocycles. The molecule has 2 N–H and O–H groups in total. The standard InChI is InChI=1S/C22H20ClN3O4S/c1-16(25-26-31(28,29)21-5-3-2-4-6-21)17-7-11-19(12-8-17)24-22(27)15-30-20-13-9-18(23)10-14-20/h2-14,26H,15H2,1H3,(H,24,27)/b25-16-. The first-order valence-electron chi connectivity index (χ1n) is 9.23. The second-order valence-corrected chi connectivity index (χ2v) is 8.57. The van der Waals surface area contributed by atoms with Crippen LogP contribution in [0.25, 0.3) is 0 Å². The van der Waals surface area contributed by atoms with E-state index in [1.807, 2.05) is 0 Å². The SMILES string of the molecule is C/C(=N/NS(=O)(=O)c1ccccc1)c1ccc(NC(=O)COc2ccc(Cl)cc2)cc1. The summed E-state index contributed by atoms with van der Waals surface area (Å²) in [7, 11) is -3.73. The van der Waals surface area contributed by atoms with Crippen LogP contribution in [-0.4, -0.2) is 26.6 Å². The second kappa shape index (κ2) is 10.1. The topological polar surface area (TPSA) is 96.9 Å². The molecular formula is C22H20ClN3O4S. The van der Waals surface area contributed by atoms with E-state index >= 15 is 0 Å². The molecule has 0 fully saturated rings. The van der Waals surface area contributed by atoms with Crippen molar-refractivity contribution in [2.75, 3.05) is 11.9 Å². The zero-order chi connectivity index (χ0) is 22.3. The average Bonchev–Trinajstić information content (AvgIpc) is 2.78. The molecule has 7 nitrogen and oxygen atoms in total. The molecule has 0 unspecified atom stereocenters. The maximum Gasteiger partial charge on any atom is 0.276 e. The van der Waals surface area contributed by atoms with E-state index in [-0.39, 0.29) is 17.4 Å². The van der Waals surface area contributed by atoms with Gasteiger partial charge in [0.1, 0.15) is 5.75 Å². The molecule has 0 aliphatic heterocycles. The highest BCUT2D eigenvalue weighted by Gasteiger charge is 2.12. The van der Waals surface area contributed by atoms with Gasteiger partial charge in [0.2, 0.25) is 0 Å². The quantitative estimate of drug-likeness (QED) is 0.393. The molecule has 3 aromatic rings. The largest absolute Gasteiger partial charge is 0.484 e. The van der Waals surface area contributed by atoms with Crippen LogP contribution in [0, 0.1) is 0 Å². The van der Waals surface area contributed by atoms with Crippen LogP contribution >= 0.6 is 11.6 Å². The summed E-state index contributed by atoms with van der Waals surface area (Å²) >= 11 is 5.81. The third kappa shape index (κ3) is 6.56. The van der Waals surface area contributed by atoms with Crippen molar-refractivity contribution in [1.29, 1.82) is 0 Å². The number of sulfonamides is 1. The van der Waals surface area contributed by atoms with Crippen molar-refractivity contribution in [3.8, 4) is 5.75 Å². The molecule has 1 amide bonds. The summed E-state index contributed by atoms with van der Waals surface area (Å²) in [5.41, 5.74) is 1.75. The van der Waals surface area contributed by atoms with Crippen LogP contribution in [0.3, 0.4) is 0 Å². The minimum atomic E-state index is -3.73. The number of nitrogens with one attached hydrogen (secondary N) is 2. The van der Waals surface area contributed by atoms with Crippen molar-refractivity contribution in [1.82, 2.24) is 4.83 Å². The average molecular weight is 458 g/mol. The third-order valence-corrected chi connectivity index (χ3v) is 5.63. The van der Waals surface area contributed by atoms with E-state index in [0.717, 1.165) is 0 Å². The number of nitrogens with zero attached hydrogens (tertiary/aromatic N) is 1. The summed E-state index contributed by atoms with van der Waals surface area (Å²) in [6.07, 6.45) is 0. The molecule has 0 aromatic heterocycles. The van der Waals surface area contributed by atoms with E-state index < -0.39 is 10.0 Å². The number of hydrogen-bond acceptors (Lipinski definition) is 5. The molecule has 0 radical (unpaired) electrons. The van der Waals surface area contributed by atoms with Gasteiger partial charge in [0.15, 0.2) is 6.61 Å². The first-order valence-corrected chi connectivity index (χ1v) is 11.1. The molecule has 9 heteroatoms. The smallest absolute Gasteiger partial charge is 0.276 e. The highest BCUT2D eigenvalue weighted by atomic mass is 35.5. The highest BCUT2D eigenvalue weighted by molar-refractivity contribution is 7.89. The van der Waals surface area contributed by atoms with Gasteiger partial charge in [0.05, 0.1) is 10.6 Å². The molecule has 0 spiro atoms. The van der Waals surface area contributed by atoms with Gasteiger partial charge in [-0.05, 0) is 61.0 Å². The number of halogens is 1. The number of carbonyl (C=O) groups is 1. The summed E-state index contributed by atoms with van der Waals surface area (Å²) in [5, 5.41) is 7.28. The minimum Gasteiger partial charge on any atom is -0.484 e. The number of benzene rings is 3. The van der Waals surface area contributed by atoms with Crippen LogP contribution in [0.1, 0.15) is 12.5 Å². The van der Waals surface area contributed by atoms with Crippen molar-refractivity contribution >= 4 is 38.9 Å². The zero-order valence-corrected chi connectivity index (χ0v) is 18.2. The van der Waals surface area contributed by atoms with Gasteiger partial charge in [-0.15, -0.1) is 0 Å². The lowest BCUT2D eigenvalue weighted by Crippen LogP contribution is -2.20. The first kappa shape index (κ1) is 22.3. The van der Waals surface area contributed by atoms with Crippen LogP contribution in [0.5, 0.6) is 5.75 Å². The Labute approximate surface area is 185 Å². The molecule has 3 aromatic carbocycles. The first-order chi connectivity index (χ1) is 14.8. The second-order valence-electron chi connectivity index (χ2n) is 6.47. The third-order valence-electron chi connectivity index (χ3n) is 4.16. The number of anilines is 1. The Bertz CT molecular complexity index is 1160. The molecule has 0 heterocycles. The molecule has 160 valence electrons. The summed E-state index contributed by atoms with van der Waals surface area (Å²) in [6.45, 7) is 1.53. The van der Waals surface area contributed by atoms with Crippen molar-refractivity contribution in [3.05, 3.63) is 89.4 Å². The van der Waals surface area contributed by atoms with Crippen LogP contribution in [0.4, 0.5) is 5.69 Å². The van der Waals surface area contributed by atoms with E-state index in [9.17, 15) is 13.2 Å². The van der Waals surface area contributed by atoms with Gasteiger partial charge < -0.3 is 10.1 Å². The summed E-state index contributed by atoms with van der Waals surface area (Å²) in [5.74, 6) is 0.225. The Hall–Kier alpha value is -3.36. The fourth-order valence-corrected chi connectivity index (χ4v) is 3.52. The molecule has 0 saturated carbocycles. The van der Waals surface area contributed by atoms with Crippen LogP contribution in [0.15, 0.2) is 88.9 Å². The number of rotatable bonds is 8. The number of amides is 1. The normalized spacial score (nSPS) is 11.6. The number of carbonyl (C=O) groups excluding carboxylic acids is 1. The monoisotopic (exact) mass is 457 g/mol.